The molecular weight excluding hydrogens is 368 g/mol. The molecule has 29 heavy (non-hydrogen) atoms. The summed E-state index contributed by atoms with van der Waals surface area (Å²) in [6.45, 7) is 4.37. The van der Waals surface area contributed by atoms with E-state index in [1.807, 2.05) is 19.9 Å². The van der Waals surface area contributed by atoms with E-state index in [1.54, 1.807) is 12.1 Å². The molecule has 0 radical (unpaired) electrons. The molecule has 3 aliphatic carbocycles. The summed E-state index contributed by atoms with van der Waals surface area (Å²) in [5, 5.41) is 8.90. The number of ether oxygens (including phenoxy) is 1. The average molecular weight is 396 g/mol. The first-order valence-electron chi connectivity index (χ1n) is 10.3. The Morgan fingerprint density at radius 1 is 1.28 bits per heavy atom. The summed E-state index contributed by atoms with van der Waals surface area (Å²) in [4.78, 5) is 31.6. The molecule has 1 saturated heterocycles. The van der Waals surface area contributed by atoms with E-state index < -0.39 is 5.41 Å². The Morgan fingerprint density at radius 3 is 2.45 bits per heavy atom. The van der Waals surface area contributed by atoms with Gasteiger partial charge in [-0.2, -0.15) is 5.26 Å². The maximum absolute atomic E-state index is 13.4. The van der Waals surface area contributed by atoms with Gasteiger partial charge in [-0.25, -0.2) is 4.98 Å². The molecule has 154 valence electrons. The third kappa shape index (κ3) is 3.15. The molecule has 2 amide bonds. The maximum atomic E-state index is 13.4. The van der Waals surface area contributed by atoms with Crippen molar-refractivity contribution in [2.75, 3.05) is 6.61 Å². The van der Waals surface area contributed by atoms with Crippen LogP contribution in [-0.4, -0.2) is 39.9 Å². The van der Waals surface area contributed by atoms with Crippen molar-refractivity contribution in [1.29, 1.82) is 5.26 Å². The second-order valence-electron chi connectivity index (χ2n) is 9.59. The number of likely N-dealkylation sites (tertiary alicyclic amines) is 1. The van der Waals surface area contributed by atoms with E-state index in [2.05, 4.69) is 9.88 Å². The lowest BCUT2D eigenvalue weighted by Gasteiger charge is -2.57. The Bertz CT molecular complexity index is 847. The lowest BCUT2D eigenvalue weighted by molar-refractivity contribution is -0.154. The van der Waals surface area contributed by atoms with Crippen LogP contribution in [0.25, 0.3) is 0 Å². The topological polar surface area (TPSA) is 109 Å². The third-order valence-electron chi connectivity index (χ3n) is 7.44. The van der Waals surface area contributed by atoms with Crippen molar-refractivity contribution in [2.45, 2.75) is 70.4 Å². The third-order valence-corrected chi connectivity index (χ3v) is 7.44. The van der Waals surface area contributed by atoms with E-state index in [9.17, 15) is 9.59 Å². The Labute approximate surface area is 171 Å². The molecule has 5 rings (SSSR count). The molecule has 2 bridgehead atoms. The van der Waals surface area contributed by atoms with Crippen LogP contribution < -0.4 is 10.5 Å². The number of hydrogen-bond donors (Lipinski definition) is 1. The highest BCUT2D eigenvalue weighted by molar-refractivity contribution is 5.86. The fraction of sp³-hybridized carbons (Fsp3) is 0.636. The van der Waals surface area contributed by atoms with E-state index in [0.29, 0.717) is 18.1 Å². The summed E-state index contributed by atoms with van der Waals surface area (Å²) >= 11 is 0. The number of carbonyl (C=O) groups excluding carboxylic acids is 2. The lowest BCUT2D eigenvalue weighted by atomic mass is 9.56. The smallest absolute Gasteiger partial charge is 0.229 e. The van der Waals surface area contributed by atoms with Gasteiger partial charge < -0.3 is 15.4 Å². The minimum absolute atomic E-state index is 0.0332. The predicted molar refractivity (Wildman–Crippen MR) is 106 cm³/mol. The Balaban J connectivity index is 1.53. The van der Waals surface area contributed by atoms with E-state index in [0.717, 1.165) is 44.9 Å². The first-order chi connectivity index (χ1) is 13.7. The maximum Gasteiger partial charge on any atom is 0.229 e. The molecule has 2 heterocycles. The first kappa shape index (κ1) is 19.7. The van der Waals surface area contributed by atoms with Crippen LogP contribution in [0.2, 0.25) is 0 Å². The van der Waals surface area contributed by atoms with Crippen molar-refractivity contribution in [3.8, 4) is 11.9 Å². The van der Waals surface area contributed by atoms with Crippen molar-refractivity contribution in [3.63, 3.8) is 0 Å². The molecule has 3 saturated carbocycles. The van der Waals surface area contributed by atoms with Crippen molar-refractivity contribution in [3.05, 3.63) is 23.9 Å². The molecule has 1 aromatic heterocycles. The highest BCUT2D eigenvalue weighted by Crippen LogP contribution is 2.57. The second kappa shape index (κ2) is 6.72. The van der Waals surface area contributed by atoms with Crippen molar-refractivity contribution in [1.82, 2.24) is 9.88 Å². The fourth-order valence-electron chi connectivity index (χ4n) is 5.61. The number of nitriles is 1. The molecule has 7 nitrogen and oxygen atoms in total. The van der Waals surface area contributed by atoms with Gasteiger partial charge >= 0.3 is 0 Å². The van der Waals surface area contributed by atoms with E-state index >= 15 is 0 Å². The number of nitrogens with zero attached hydrogens (tertiary/aromatic N) is 3. The number of hydrogen-bond acceptors (Lipinski definition) is 5. The lowest BCUT2D eigenvalue weighted by Crippen LogP contribution is -2.62. The molecule has 0 spiro atoms. The Hall–Kier alpha value is -2.62. The van der Waals surface area contributed by atoms with Gasteiger partial charge in [0.05, 0.1) is 11.6 Å². The number of primary amides is 1. The molecule has 4 aliphatic rings. The van der Waals surface area contributed by atoms with Crippen LogP contribution in [0, 0.1) is 22.2 Å². The van der Waals surface area contributed by atoms with Gasteiger partial charge in [0.1, 0.15) is 12.7 Å². The van der Waals surface area contributed by atoms with E-state index in [1.165, 1.54) is 6.20 Å². The minimum atomic E-state index is -0.434. The van der Waals surface area contributed by atoms with Crippen LogP contribution in [0.4, 0.5) is 0 Å². The van der Waals surface area contributed by atoms with Gasteiger partial charge in [0, 0.05) is 28.6 Å². The zero-order valence-corrected chi connectivity index (χ0v) is 17.1. The normalized spacial score (nSPS) is 32.8. The summed E-state index contributed by atoms with van der Waals surface area (Å²) in [5.74, 6) is 0.441. The van der Waals surface area contributed by atoms with Gasteiger partial charge in [0.15, 0.2) is 0 Å². The number of nitrogens with two attached hydrogens (primary N) is 1. The van der Waals surface area contributed by atoms with Crippen molar-refractivity contribution < 1.29 is 14.3 Å². The average Bonchev–Trinajstić information content (AvgIpc) is 2.97. The standard InChI is InChI=1S/C22H28N4O3/c1-20(2)11-16(14-29-17-4-3-15(12-23)13-25-17)26(19(20)28)22-8-5-21(6-9-22,7-10-22)18(24)27/h3-4,13,16H,5-11,14H2,1-2H3,(H2,24,27). The van der Waals surface area contributed by atoms with Crippen LogP contribution in [-0.2, 0) is 9.59 Å². The van der Waals surface area contributed by atoms with Gasteiger partial charge in [0.25, 0.3) is 0 Å². The van der Waals surface area contributed by atoms with Crippen LogP contribution >= 0.6 is 0 Å². The van der Waals surface area contributed by atoms with Gasteiger partial charge in [-0.05, 0) is 51.0 Å². The summed E-state index contributed by atoms with van der Waals surface area (Å²) < 4.78 is 5.92. The van der Waals surface area contributed by atoms with Gasteiger partial charge in [-0.15, -0.1) is 0 Å². The van der Waals surface area contributed by atoms with Crippen LogP contribution in [0.3, 0.4) is 0 Å². The molecule has 2 N–H and O–H groups in total. The van der Waals surface area contributed by atoms with E-state index in [-0.39, 0.29) is 28.8 Å². The molecule has 0 aromatic carbocycles. The summed E-state index contributed by atoms with van der Waals surface area (Å²) in [6, 6.07) is 5.37. The fourth-order valence-corrected chi connectivity index (χ4v) is 5.61. The zero-order chi connectivity index (χ0) is 20.9. The first-order valence-corrected chi connectivity index (χ1v) is 10.3. The molecule has 7 heteroatoms. The van der Waals surface area contributed by atoms with Crippen LogP contribution in [0.15, 0.2) is 18.3 Å². The molecule has 1 atom stereocenters. The second-order valence-corrected chi connectivity index (χ2v) is 9.59. The summed E-state index contributed by atoms with van der Waals surface area (Å²) in [7, 11) is 0. The number of amides is 2. The van der Waals surface area contributed by atoms with Crippen LogP contribution in [0.5, 0.6) is 5.88 Å². The number of pyridine rings is 1. The predicted octanol–water partition coefficient (Wildman–Crippen LogP) is 2.54. The quantitative estimate of drug-likeness (QED) is 0.822. The van der Waals surface area contributed by atoms with Gasteiger partial charge in [-0.3, -0.25) is 9.59 Å². The molecule has 1 aromatic rings. The zero-order valence-electron chi connectivity index (χ0n) is 17.1. The minimum Gasteiger partial charge on any atom is -0.475 e. The Morgan fingerprint density at radius 2 is 1.93 bits per heavy atom. The highest BCUT2D eigenvalue weighted by Gasteiger charge is 2.60. The van der Waals surface area contributed by atoms with E-state index in [4.69, 9.17) is 15.7 Å². The number of fused-ring (bicyclic) bond motifs is 3. The van der Waals surface area contributed by atoms with Crippen molar-refractivity contribution in [2.24, 2.45) is 16.6 Å². The number of carbonyl (C=O) groups is 2. The monoisotopic (exact) mass is 396 g/mol. The Kier molecular flexibility index (Phi) is 4.56. The number of rotatable bonds is 5. The molecular formula is C22H28N4O3. The van der Waals surface area contributed by atoms with Crippen LogP contribution in [0.1, 0.15) is 64.4 Å². The summed E-state index contributed by atoms with van der Waals surface area (Å²) in [6.07, 6.45) is 6.97. The van der Waals surface area contributed by atoms with Crippen molar-refractivity contribution >= 4 is 11.8 Å². The highest BCUT2D eigenvalue weighted by atomic mass is 16.5. The molecule has 1 unspecified atom stereocenters. The SMILES string of the molecule is CC1(C)CC(COc2ccc(C#N)cn2)N(C23CCC(C(N)=O)(CC2)CC3)C1=O. The number of aromatic nitrogens is 1. The van der Waals surface area contributed by atoms with Gasteiger partial charge in [-0.1, -0.05) is 13.8 Å². The largest absolute Gasteiger partial charge is 0.475 e. The van der Waals surface area contributed by atoms with Gasteiger partial charge in [0.2, 0.25) is 17.7 Å². The molecule has 4 fully saturated rings. The summed E-state index contributed by atoms with van der Waals surface area (Å²) in [5.41, 5.74) is 5.17. The molecule has 1 aliphatic heterocycles.